The van der Waals surface area contributed by atoms with Gasteiger partial charge in [-0.25, -0.2) is 9.78 Å². The van der Waals surface area contributed by atoms with Crippen molar-refractivity contribution in [3.05, 3.63) is 18.4 Å². The molecule has 1 fully saturated rings. The standard InChI is InChI=1S/C14H18FN5O3/c1-14(7-20(8-14)13(21)22-5-3-4-15)12-18-17-11(23-12)10-6-19(2)9-16-10/h6,9H,3-5,7-8H2,1-2H3. The largest absolute Gasteiger partial charge is 0.449 e. The molecule has 1 aliphatic rings. The second kappa shape index (κ2) is 5.98. The van der Waals surface area contributed by atoms with Crippen molar-refractivity contribution in [2.24, 2.45) is 7.05 Å². The van der Waals surface area contributed by atoms with Crippen LogP contribution in [0.4, 0.5) is 9.18 Å². The molecule has 0 atom stereocenters. The maximum atomic E-state index is 12.0. The molecule has 1 saturated heterocycles. The molecule has 0 spiro atoms. The Bertz CT molecular complexity index is 692. The van der Waals surface area contributed by atoms with Gasteiger partial charge in [-0.15, -0.1) is 10.2 Å². The fourth-order valence-corrected chi connectivity index (χ4v) is 2.46. The summed E-state index contributed by atoms with van der Waals surface area (Å²) in [7, 11) is 1.85. The number of rotatable bonds is 5. The highest BCUT2D eigenvalue weighted by molar-refractivity contribution is 5.69. The molecule has 1 aliphatic heterocycles. The molecule has 9 heteroatoms. The lowest BCUT2D eigenvalue weighted by atomic mass is 9.82. The minimum atomic E-state index is -0.497. The molecule has 0 bridgehead atoms. The maximum absolute atomic E-state index is 12.0. The first-order valence-electron chi connectivity index (χ1n) is 7.32. The van der Waals surface area contributed by atoms with Crippen molar-refractivity contribution in [1.29, 1.82) is 0 Å². The molecule has 0 saturated carbocycles. The zero-order valence-corrected chi connectivity index (χ0v) is 13.0. The lowest BCUT2D eigenvalue weighted by molar-refractivity contribution is 0.0329. The molecule has 1 amide bonds. The molecule has 2 aromatic rings. The summed E-state index contributed by atoms with van der Waals surface area (Å²) in [5.41, 5.74) is 0.204. The Hall–Kier alpha value is -2.45. The van der Waals surface area contributed by atoms with E-state index in [1.807, 2.05) is 14.0 Å². The van der Waals surface area contributed by atoms with Crippen LogP contribution in [0, 0.1) is 0 Å². The zero-order valence-electron chi connectivity index (χ0n) is 13.0. The highest BCUT2D eigenvalue weighted by Gasteiger charge is 2.47. The van der Waals surface area contributed by atoms with Crippen LogP contribution in [0.25, 0.3) is 11.6 Å². The van der Waals surface area contributed by atoms with Gasteiger partial charge in [0.25, 0.3) is 5.89 Å². The SMILES string of the molecule is Cn1cnc(-c2nnc(C3(C)CN(C(=O)OCCCF)C3)o2)c1. The van der Waals surface area contributed by atoms with E-state index in [-0.39, 0.29) is 13.0 Å². The van der Waals surface area contributed by atoms with E-state index in [9.17, 15) is 9.18 Å². The Morgan fingerprint density at radius 1 is 1.48 bits per heavy atom. The van der Waals surface area contributed by atoms with Crippen LogP contribution in [0.3, 0.4) is 0 Å². The van der Waals surface area contributed by atoms with E-state index in [4.69, 9.17) is 9.15 Å². The first-order chi connectivity index (χ1) is 11.0. The number of imidazole rings is 1. The average molecular weight is 323 g/mol. The first kappa shape index (κ1) is 15.4. The average Bonchev–Trinajstić information content (AvgIpc) is 3.13. The van der Waals surface area contributed by atoms with Gasteiger partial charge in [-0.05, 0) is 6.92 Å². The van der Waals surface area contributed by atoms with E-state index < -0.39 is 18.2 Å². The van der Waals surface area contributed by atoms with Gasteiger partial charge in [0.1, 0.15) is 5.69 Å². The normalized spacial score (nSPS) is 16.2. The van der Waals surface area contributed by atoms with Crippen LogP contribution in [0.15, 0.2) is 16.9 Å². The third kappa shape index (κ3) is 3.03. The van der Waals surface area contributed by atoms with Gasteiger partial charge in [0, 0.05) is 32.8 Å². The number of hydrogen-bond acceptors (Lipinski definition) is 6. The summed E-state index contributed by atoms with van der Waals surface area (Å²) in [5, 5.41) is 8.08. The molecule has 23 heavy (non-hydrogen) atoms. The molecule has 0 unspecified atom stereocenters. The van der Waals surface area contributed by atoms with Crippen LogP contribution in [0.1, 0.15) is 19.2 Å². The van der Waals surface area contributed by atoms with Gasteiger partial charge in [0.15, 0.2) is 0 Å². The third-order valence-electron chi connectivity index (χ3n) is 3.71. The Balaban J connectivity index is 1.60. The number of nitrogens with zero attached hydrogens (tertiary/aromatic N) is 5. The second-order valence-corrected chi connectivity index (χ2v) is 5.91. The van der Waals surface area contributed by atoms with Crippen LogP contribution in [0.2, 0.25) is 0 Å². The summed E-state index contributed by atoms with van der Waals surface area (Å²) in [6.45, 7) is 2.38. The number of alkyl halides is 1. The number of ether oxygens (including phenoxy) is 1. The van der Waals surface area contributed by atoms with Crippen LogP contribution >= 0.6 is 0 Å². The number of carbonyl (C=O) groups excluding carboxylic acids is 1. The minimum Gasteiger partial charge on any atom is -0.449 e. The van der Waals surface area contributed by atoms with E-state index in [1.165, 1.54) is 4.90 Å². The minimum absolute atomic E-state index is 0.0902. The molecular weight excluding hydrogens is 305 g/mol. The molecular formula is C14H18FN5O3. The summed E-state index contributed by atoms with van der Waals surface area (Å²) >= 11 is 0. The van der Waals surface area contributed by atoms with Crippen molar-refractivity contribution in [1.82, 2.24) is 24.6 Å². The van der Waals surface area contributed by atoms with E-state index in [1.54, 1.807) is 17.1 Å². The molecule has 8 nitrogen and oxygen atoms in total. The summed E-state index contributed by atoms with van der Waals surface area (Å²) in [6.07, 6.45) is 3.21. The smallest absolute Gasteiger partial charge is 0.409 e. The molecule has 0 aromatic carbocycles. The number of likely N-dealkylation sites (tertiary alicyclic amines) is 1. The Morgan fingerprint density at radius 2 is 2.26 bits per heavy atom. The van der Waals surface area contributed by atoms with E-state index in [2.05, 4.69) is 15.2 Å². The van der Waals surface area contributed by atoms with Gasteiger partial charge in [0.2, 0.25) is 5.89 Å². The van der Waals surface area contributed by atoms with Crippen molar-refractivity contribution in [3.8, 4) is 11.6 Å². The van der Waals surface area contributed by atoms with Crippen molar-refractivity contribution < 1.29 is 18.3 Å². The van der Waals surface area contributed by atoms with E-state index in [0.717, 1.165) is 0 Å². The lowest BCUT2D eigenvalue weighted by Gasteiger charge is -2.44. The lowest BCUT2D eigenvalue weighted by Crippen LogP contribution is -2.59. The highest BCUT2D eigenvalue weighted by atomic mass is 19.1. The van der Waals surface area contributed by atoms with Gasteiger partial charge in [0.05, 0.1) is 25.0 Å². The van der Waals surface area contributed by atoms with Crippen LogP contribution < -0.4 is 0 Å². The number of carbonyl (C=O) groups is 1. The summed E-state index contributed by atoms with van der Waals surface area (Å²) in [5.74, 6) is 0.816. The van der Waals surface area contributed by atoms with Gasteiger partial charge in [-0.1, -0.05) is 0 Å². The van der Waals surface area contributed by atoms with E-state index in [0.29, 0.717) is 30.6 Å². The van der Waals surface area contributed by atoms with Crippen LogP contribution in [0.5, 0.6) is 0 Å². The van der Waals surface area contributed by atoms with Crippen molar-refractivity contribution >= 4 is 6.09 Å². The Labute approximate surface area is 132 Å². The van der Waals surface area contributed by atoms with E-state index >= 15 is 0 Å². The topological polar surface area (TPSA) is 86.3 Å². The Kier molecular flexibility index (Phi) is 4.01. The molecule has 0 N–H and O–H groups in total. The Morgan fingerprint density at radius 3 is 2.91 bits per heavy atom. The fourth-order valence-electron chi connectivity index (χ4n) is 2.46. The molecule has 3 heterocycles. The molecule has 0 radical (unpaired) electrons. The molecule has 0 aliphatic carbocycles. The van der Waals surface area contributed by atoms with Crippen molar-refractivity contribution in [3.63, 3.8) is 0 Å². The third-order valence-corrected chi connectivity index (χ3v) is 3.71. The summed E-state index contributed by atoms with van der Waals surface area (Å²) in [6, 6.07) is 0. The van der Waals surface area contributed by atoms with Crippen LogP contribution in [-0.4, -0.2) is 57.1 Å². The second-order valence-electron chi connectivity index (χ2n) is 5.91. The number of amides is 1. The first-order valence-corrected chi connectivity index (χ1v) is 7.32. The van der Waals surface area contributed by atoms with Gasteiger partial charge < -0.3 is 18.6 Å². The predicted molar refractivity (Wildman–Crippen MR) is 77.4 cm³/mol. The molecule has 124 valence electrons. The van der Waals surface area contributed by atoms with Gasteiger partial charge in [-0.3, -0.25) is 4.39 Å². The van der Waals surface area contributed by atoms with Crippen molar-refractivity contribution in [2.45, 2.75) is 18.8 Å². The molecule has 3 rings (SSSR count). The highest BCUT2D eigenvalue weighted by Crippen LogP contribution is 2.34. The maximum Gasteiger partial charge on any atom is 0.409 e. The summed E-state index contributed by atoms with van der Waals surface area (Å²) < 4.78 is 24.4. The number of aromatic nitrogens is 4. The zero-order chi connectivity index (χ0) is 16.4. The number of hydrogen-bond donors (Lipinski definition) is 0. The summed E-state index contributed by atoms with van der Waals surface area (Å²) in [4.78, 5) is 17.4. The van der Waals surface area contributed by atoms with Crippen molar-refractivity contribution in [2.75, 3.05) is 26.4 Å². The van der Waals surface area contributed by atoms with Gasteiger partial charge >= 0.3 is 6.09 Å². The van der Waals surface area contributed by atoms with Crippen LogP contribution in [-0.2, 0) is 17.2 Å². The number of halogens is 1. The molecule has 2 aromatic heterocycles. The number of aryl methyl sites for hydroxylation is 1. The quantitative estimate of drug-likeness (QED) is 0.776. The predicted octanol–water partition coefficient (Wildman–Crippen LogP) is 1.54. The van der Waals surface area contributed by atoms with Gasteiger partial charge in [-0.2, -0.15) is 0 Å². The monoisotopic (exact) mass is 323 g/mol. The fraction of sp³-hybridized carbons (Fsp3) is 0.571.